The molecule has 0 N–H and O–H groups in total. The van der Waals surface area contributed by atoms with Gasteiger partial charge < -0.3 is 4.90 Å². The molecular formula is C13H13BrClN3O. The molecule has 1 aromatic carbocycles. The first kappa shape index (κ1) is 14.1. The number of aryl methyl sites for hydroxylation is 1. The second-order valence-corrected chi connectivity index (χ2v) is 5.57. The smallest absolute Gasteiger partial charge is 0.231 e. The minimum absolute atomic E-state index is 0.0303. The minimum Gasteiger partial charge on any atom is -0.314 e. The molecule has 100 valence electrons. The van der Waals surface area contributed by atoms with Crippen molar-refractivity contribution in [3.8, 4) is 0 Å². The van der Waals surface area contributed by atoms with Crippen molar-refractivity contribution in [3.05, 3.63) is 45.7 Å². The molecule has 0 radical (unpaired) electrons. The van der Waals surface area contributed by atoms with Crippen LogP contribution in [-0.4, -0.2) is 22.7 Å². The van der Waals surface area contributed by atoms with Crippen molar-refractivity contribution >= 4 is 39.1 Å². The van der Waals surface area contributed by atoms with Crippen molar-refractivity contribution in [2.45, 2.75) is 6.42 Å². The maximum Gasteiger partial charge on any atom is 0.231 e. The van der Waals surface area contributed by atoms with E-state index >= 15 is 0 Å². The zero-order valence-corrected chi connectivity index (χ0v) is 12.9. The Hall–Kier alpha value is -1.33. The molecule has 0 atom stereocenters. The first-order chi connectivity index (χ1) is 8.97. The van der Waals surface area contributed by atoms with E-state index in [4.69, 9.17) is 11.6 Å². The summed E-state index contributed by atoms with van der Waals surface area (Å²) in [6, 6.07) is 5.44. The van der Waals surface area contributed by atoms with Gasteiger partial charge in [-0.15, -0.1) is 0 Å². The molecule has 0 bridgehead atoms. The van der Waals surface area contributed by atoms with E-state index in [-0.39, 0.29) is 5.91 Å². The fraction of sp³-hybridized carbons (Fsp3) is 0.231. The summed E-state index contributed by atoms with van der Waals surface area (Å²) in [5.41, 5.74) is 1.58. The van der Waals surface area contributed by atoms with E-state index < -0.39 is 0 Å². The molecular weight excluding hydrogens is 330 g/mol. The van der Waals surface area contributed by atoms with E-state index in [9.17, 15) is 4.79 Å². The average molecular weight is 343 g/mol. The van der Waals surface area contributed by atoms with Gasteiger partial charge in [0.15, 0.2) is 0 Å². The molecule has 1 heterocycles. The van der Waals surface area contributed by atoms with Crippen molar-refractivity contribution < 1.29 is 4.79 Å². The summed E-state index contributed by atoms with van der Waals surface area (Å²) in [7, 11) is 3.54. The minimum atomic E-state index is -0.0303. The van der Waals surface area contributed by atoms with E-state index in [1.54, 1.807) is 28.9 Å². The molecule has 0 aliphatic carbocycles. The molecule has 0 spiro atoms. The number of halogens is 2. The van der Waals surface area contributed by atoms with Crippen LogP contribution in [0.25, 0.3) is 0 Å². The van der Waals surface area contributed by atoms with E-state index in [0.717, 1.165) is 10.0 Å². The SMILES string of the molecule is CN(C(=O)Cc1cnn(C)c1)c1ccc(Br)cc1Cl. The number of benzene rings is 1. The van der Waals surface area contributed by atoms with Crippen LogP contribution in [0.1, 0.15) is 5.56 Å². The quantitative estimate of drug-likeness (QED) is 0.860. The van der Waals surface area contributed by atoms with Crippen LogP contribution >= 0.6 is 27.5 Å². The first-order valence-corrected chi connectivity index (χ1v) is 6.83. The number of aromatic nitrogens is 2. The molecule has 2 aromatic rings. The monoisotopic (exact) mass is 341 g/mol. The summed E-state index contributed by atoms with van der Waals surface area (Å²) < 4.78 is 2.56. The molecule has 0 saturated heterocycles. The summed E-state index contributed by atoms with van der Waals surface area (Å²) in [6.45, 7) is 0. The van der Waals surface area contributed by atoms with Crippen LogP contribution in [-0.2, 0) is 18.3 Å². The molecule has 1 aromatic heterocycles. The van der Waals surface area contributed by atoms with Gasteiger partial charge in [-0.3, -0.25) is 9.48 Å². The van der Waals surface area contributed by atoms with Crippen LogP contribution in [0.4, 0.5) is 5.69 Å². The van der Waals surface area contributed by atoms with Crippen LogP contribution in [0.5, 0.6) is 0 Å². The van der Waals surface area contributed by atoms with Gasteiger partial charge in [0.25, 0.3) is 0 Å². The Labute approximate surface area is 125 Å². The fourth-order valence-corrected chi connectivity index (χ4v) is 2.54. The predicted octanol–water partition coefficient (Wildman–Crippen LogP) is 3.04. The molecule has 2 rings (SSSR count). The second-order valence-electron chi connectivity index (χ2n) is 4.25. The highest BCUT2D eigenvalue weighted by atomic mass is 79.9. The van der Waals surface area contributed by atoms with Gasteiger partial charge in [-0.2, -0.15) is 5.10 Å². The summed E-state index contributed by atoms with van der Waals surface area (Å²) in [5.74, 6) is -0.0303. The number of carbonyl (C=O) groups is 1. The number of rotatable bonds is 3. The lowest BCUT2D eigenvalue weighted by Gasteiger charge is -2.18. The maximum atomic E-state index is 12.2. The number of carbonyl (C=O) groups excluding carboxylic acids is 1. The zero-order valence-electron chi connectivity index (χ0n) is 10.6. The lowest BCUT2D eigenvalue weighted by atomic mass is 10.2. The normalized spacial score (nSPS) is 10.5. The lowest BCUT2D eigenvalue weighted by Crippen LogP contribution is -2.28. The molecule has 1 amide bonds. The average Bonchev–Trinajstić information content (AvgIpc) is 2.74. The van der Waals surface area contributed by atoms with E-state index in [2.05, 4.69) is 21.0 Å². The third kappa shape index (κ3) is 3.36. The maximum absolute atomic E-state index is 12.2. The van der Waals surface area contributed by atoms with Crippen molar-refractivity contribution in [2.24, 2.45) is 7.05 Å². The molecule has 19 heavy (non-hydrogen) atoms. The number of hydrogen-bond acceptors (Lipinski definition) is 2. The summed E-state index contributed by atoms with van der Waals surface area (Å²) >= 11 is 9.48. The standard InChI is InChI=1S/C13H13BrClN3O/c1-17-8-9(7-16-17)5-13(19)18(2)12-4-3-10(14)6-11(12)15/h3-4,6-8H,5H2,1-2H3. The van der Waals surface area contributed by atoms with E-state index in [0.29, 0.717) is 17.1 Å². The van der Waals surface area contributed by atoms with Gasteiger partial charge in [0.1, 0.15) is 0 Å². The van der Waals surface area contributed by atoms with Crippen molar-refractivity contribution in [3.63, 3.8) is 0 Å². The van der Waals surface area contributed by atoms with Gasteiger partial charge in [0, 0.05) is 24.8 Å². The van der Waals surface area contributed by atoms with Crippen LogP contribution in [0, 0.1) is 0 Å². The highest BCUT2D eigenvalue weighted by Crippen LogP contribution is 2.28. The topological polar surface area (TPSA) is 38.1 Å². The van der Waals surface area contributed by atoms with Crippen molar-refractivity contribution in [1.82, 2.24) is 9.78 Å². The molecule has 0 saturated carbocycles. The number of hydrogen-bond donors (Lipinski definition) is 0. The Morgan fingerprint density at radius 2 is 2.26 bits per heavy atom. The Balaban J connectivity index is 2.14. The van der Waals surface area contributed by atoms with Crippen molar-refractivity contribution in [1.29, 1.82) is 0 Å². The lowest BCUT2D eigenvalue weighted by molar-refractivity contribution is -0.117. The third-order valence-electron chi connectivity index (χ3n) is 2.76. The Kier molecular flexibility index (Phi) is 4.27. The van der Waals surface area contributed by atoms with Gasteiger partial charge in [0.05, 0.1) is 23.3 Å². The van der Waals surface area contributed by atoms with Gasteiger partial charge in [-0.05, 0) is 23.8 Å². The fourth-order valence-electron chi connectivity index (χ4n) is 1.74. The second kappa shape index (κ2) is 5.75. The Morgan fingerprint density at radius 1 is 1.53 bits per heavy atom. The summed E-state index contributed by atoms with van der Waals surface area (Å²) in [4.78, 5) is 13.7. The predicted molar refractivity (Wildman–Crippen MR) is 79.5 cm³/mol. The van der Waals surface area contributed by atoms with E-state index in [1.807, 2.05) is 25.4 Å². The molecule has 6 heteroatoms. The molecule has 0 unspecified atom stereocenters. The van der Waals surface area contributed by atoms with E-state index in [1.165, 1.54) is 0 Å². The van der Waals surface area contributed by atoms with Crippen LogP contribution in [0.15, 0.2) is 35.1 Å². The third-order valence-corrected chi connectivity index (χ3v) is 3.55. The van der Waals surface area contributed by atoms with Gasteiger partial charge >= 0.3 is 0 Å². The first-order valence-electron chi connectivity index (χ1n) is 5.66. The Morgan fingerprint density at radius 3 is 2.84 bits per heavy atom. The van der Waals surface area contributed by atoms with Crippen LogP contribution in [0.3, 0.4) is 0 Å². The number of nitrogens with zero attached hydrogens (tertiary/aromatic N) is 3. The van der Waals surface area contributed by atoms with Gasteiger partial charge in [-0.25, -0.2) is 0 Å². The molecule has 0 fully saturated rings. The zero-order chi connectivity index (χ0) is 14.0. The highest BCUT2D eigenvalue weighted by molar-refractivity contribution is 9.10. The largest absolute Gasteiger partial charge is 0.314 e. The van der Waals surface area contributed by atoms with Crippen LogP contribution < -0.4 is 4.90 Å². The van der Waals surface area contributed by atoms with Gasteiger partial charge in [0.2, 0.25) is 5.91 Å². The number of anilines is 1. The molecule has 4 nitrogen and oxygen atoms in total. The number of amides is 1. The molecule has 0 aliphatic rings. The summed E-state index contributed by atoms with van der Waals surface area (Å²) in [5, 5.41) is 4.58. The van der Waals surface area contributed by atoms with Crippen molar-refractivity contribution in [2.75, 3.05) is 11.9 Å². The molecule has 0 aliphatic heterocycles. The highest BCUT2D eigenvalue weighted by Gasteiger charge is 2.15. The Bertz CT molecular complexity index is 612. The van der Waals surface area contributed by atoms with Crippen LogP contribution in [0.2, 0.25) is 5.02 Å². The van der Waals surface area contributed by atoms with Gasteiger partial charge in [-0.1, -0.05) is 27.5 Å². The number of likely N-dealkylation sites (N-methyl/N-ethyl adjacent to an activating group) is 1. The summed E-state index contributed by atoms with van der Waals surface area (Å²) in [6.07, 6.45) is 3.82.